The summed E-state index contributed by atoms with van der Waals surface area (Å²) in [6.45, 7) is 4.46. The van der Waals surface area contributed by atoms with Crippen LogP contribution < -0.4 is 15.9 Å². The van der Waals surface area contributed by atoms with Crippen LogP contribution in [0.5, 0.6) is 0 Å². The molecule has 0 unspecified atom stereocenters. The number of benzene rings is 1. The first kappa shape index (κ1) is 16.1. The number of aryl methyl sites for hydroxylation is 1. The number of anilines is 1. The summed E-state index contributed by atoms with van der Waals surface area (Å²) >= 11 is 0. The van der Waals surface area contributed by atoms with Crippen LogP contribution >= 0.6 is 0 Å². The number of rotatable bonds is 3. The highest BCUT2D eigenvalue weighted by atomic mass is 16.4. The number of likely N-dealkylation sites (N-methyl/N-ethyl adjacent to an activating group) is 1. The molecule has 0 radical (unpaired) electrons. The minimum Gasteiger partial charge on any atom is -0.409 e. The fraction of sp³-hybridized carbons (Fsp3) is 0.500. The Morgan fingerprint density at radius 1 is 1.28 bits per heavy atom. The molecule has 0 spiro atoms. The number of aromatic nitrogens is 2. The first-order valence-corrected chi connectivity index (χ1v) is 8.83. The van der Waals surface area contributed by atoms with Gasteiger partial charge in [0.05, 0.1) is 5.52 Å². The SMILES string of the molecule is CCCn1c(=O)c(=NO)nc(N2C[C@@H]3C[C@H]2CN3C)c2ccccc21. The van der Waals surface area contributed by atoms with Gasteiger partial charge in [-0.25, -0.2) is 4.98 Å². The van der Waals surface area contributed by atoms with Crippen LogP contribution in [0.4, 0.5) is 5.82 Å². The predicted octanol–water partition coefficient (Wildman–Crippen LogP) is 0.989. The zero-order chi connectivity index (χ0) is 17.6. The molecule has 2 fully saturated rings. The van der Waals surface area contributed by atoms with E-state index in [1.165, 1.54) is 0 Å². The van der Waals surface area contributed by atoms with Crippen molar-refractivity contribution >= 4 is 16.7 Å². The molecule has 0 aliphatic carbocycles. The van der Waals surface area contributed by atoms with Crippen molar-refractivity contribution in [2.24, 2.45) is 5.16 Å². The second-order valence-corrected chi connectivity index (χ2v) is 6.97. The molecule has 1 aromatic carbocycles. The quantitative estimate of drug-likeness (QED) is 0.666. The molecule has 3 heterocycles. The molecule has 2 bridgehead atoms. The summed E-state index contributed by atoms with van der Waals surface area (Å²) in [6, 6.07) is 8.73. The van der Waals surface area contributed by atoms with Crippen molar-refractivity contribution in [3.8, 4) is 0 Å². The Morgan fingerprint density at radius 3 is 2.72 bits per heavy atom. The number of fused-ring (bicyclic) bond motifs is 3. The van der Waals surface area contributed by atoms with E-state index in [1.54, 1.807) is 4.57 Å². The summed E-state index contributed by atoms with van der Waals surface area (Å²) in [7, 11) is 2.15. The number of nitrogens with zero attached hydrogens (tertiary/aromatic N) is 5. The molecule has 2 aromatic rings. The zero-order valence-electron chi connectivity index (χ0n) is 14.6. The van der Waals surface area contributed by atoms with Crippen molar-refractivity contribution in [3.05, 3.63) is 40.1 Å². The van der Waals surface area contributed by atoms with Gasteiger partial charge in [0.15, 0.2) is 0 Å². The summed E-state index contributed by atoms with van der Waals surface area (Å²) in [5.74, 6) is 0.746. The highest BCUT2D eigenvalue weighted by Gasteiger charge is 2.42. The highest BCUT2D eigenvalue weighted by Crippen LogP contribution is 2.34. The molecule has 1 aromatic heterocycles. The second-order valence-electron chi connectivity index (χ2n) is 6.97. The van der Waals surface area contributed by atoms with Gasteiger partial charge in [-0.05, 0) is 32.0 Å². The molecule has 25 heavy (non-hydrogen) atoms. The van der Waals surface area contributed by atoms with Gasteiger partial charge in [-0.3, -0.25) is 9.69 Å². The maximum atomic E-state index is 12.8. The smallest absolute Gasteiger partial charge is 0.299 e. The third-order valence-electron chi connectivity index (χ3n) is 5.41. The lowest BCUT2D eigenvalue weighted by Gasteiger charge is -2.32. The molecule has 0 amide bonds. The van der Waals surface area contributed by atoms with Crippen LogP contribution in [0.1, 0.15) is 19.8 Å². The lowest BCUT2D eigenvalue weighted by Crippen LogP contribution is -2.45. The topological polar surface area (TPSA) is 74.0 Å². The fourth-order valence-corrected chi connectivity index (χ4v) is 4.19. The molecule has 7 heteroatoms. The van der Waals surface area contributed by atoms with Crippen LogP contribution in [-0.2, 0) is 6.54 Å². The summed E-state index contributed by atoms with van der Waals surface area (Å²) in [5.41, 5.74) is 0.340. The number of piperazine rings is 1. The van der Waals surface area contributed by atoms with E-state index in [4.69, 9.17) is 0 Å². The monoisotopic (exact) mass is 341 g/mol. The van der Waals surface area contributed by atoms with Crippen molar-refractivity contribution in [2.75, 3.05) is 25.0 Å². The Balaban J connectivity index is 2.01. The van der Waals surface area contributed by atoms with Crippen molar-refractivity contribution in [2.45, 2.75) is 38.4 Å². The maximum absolute atomic E-state index is 12.8. The molecule has 132 valence electrons. The maximum Gasteiger partial charge on any atom is 0.299 e. The summed E-state index contributed by atoms with van der Waals surface area (Å²) in [5, 5.41) is 13.5. The lowest BCUT2D eigenvalue weighted by molar-refractivity contribution is 0.291. The average Bonchev–Trinajstić information content (AvgIpc) is 3.16. The van der Waals surface area contributed by atoms with E-state index in [2.05, 4.69) is 27.0 Å². The van der Waals surface area contributed by atoms with Crippen molar-refractivity contribution < 1.29 is 5.21 Å². The van der Waals surface area contributed by atoms with Gasteiger partial charge in [-0.15, -0.1) is 0 Å². The highest BCUT2D eigenvalue weighted by molar-refractivity contribution is 5.89. The standard InChI is InChI=1S/C18H23N5O2/c1-3-8-22-15-7-5-4-6-14(15)17(19-16(20-25)18(22)24)23-11-12-9-13(23)10-21(12)2/h4-7,12-13,25H,3,8-11H2,1-2H3/t12-,13-/m0/s1. The summed E-state index contributed by atoms with van der Waals surface area (Å²) in [6.07, 6.45) is 1.92. The van der Waals surface area contributed by atoms with E-state index in [1.807, 2.05) is 31.2 Å². The molecule has 2 saturated heterocycles. The number of likely N-dealkylation sites (tertiary alicyclic amines) is 1. The van der Waals surface area contributed by atoms with Gasteiger partial charge >= 0.3 is 0 Å². The van der Waals surface area contributed by atoms with E-state index in [0.29, 0.717) is 18.6 Å². The number of para-hydroxylation sites is 1. The van der Waals surface area contributed by atoms with Crippen LogP contribution in [0.2, 0.25) is 0 Å². The Bertz CT molecular complexity index is 937. The summed E-state index contributed by atoms with van der Waals surface area (Å²) < 4.78 is 1.67. The molecule has 2 aliphatic heterocycles. The van der Waals surface area contributed by atoms with Crippen LogP contribution in [0, 0.1) is 0 Å². The molecule has 7 nitrogen and oxygen atoms in total. The van der Waals surface area contributed by atoms with Crippen LogP contribution in [0.25, 0.3) is 10.9 Å². The molecule has 2 aliphatic rings. The average molecular weight is 341 g/mol. The van der Waals surface area contributed by atoms with E-state index in [9.17, 15) is 10.0 Å². The Hall–Kier alpha value is -2.41. The van der Waals surface area contributed by atoms with E-state index < -0.39 is 0 Å². The number of hydrogen-bond donors (Lipinski definition) is 1. The first-order chi connectivity index (χ1) is 12.1. The second kappa shape index (κ2) is 6.15. The molecule has 2 atom stereocenters. The molecule has 1 N–H and O–H groups in total. The van der Waals surface area contributed by atoms with Gasteiger partial charge in [-0.2, -0.15) is 0 Å². The van der Waals surface area contributed by atoms with Crippen molar-refractivity contribution in [3.63, 3.8) is 0 Å². The van der Waals surface area contributed by atoms with Crippen LogP contribution in [-0.4, -0.2) is 51.9 Å². The third kappa shape index (κ3) is 2.50. The van der Waals surface area contributed by atoms with Gasteiger partial charge < -0.3 is 14.7 Å². The van der Waals surface area contributed by atoms with Gasteiger partial charge in [0.25, 0.3) is 11.0 Å². The van der Waals surface area contributed by atoms with Gasteiger partial charge in [0.2, 0.25) is 0 Å². The van der Waals surface area contributed by atoms with Gasteiger partial charge in [0, 0.05) is 37.1 Å². The Morgan fingerprint density at radius 2 is 2.08 bits per heavy atom. The molecule has 4 rings (SSSR count). The van der Waals surface area contributed by atoms with E-state index in [-0.39, 0.29) is 11.0 Å². The number of hydrogen-bond acceptors (Lipinski definition) is 6. The molecule has 0 saturated carbocycles. The minimum atomic E-state index is -0.353. The third-order valence-corrected chi connectivity index (χ3v) is 5.41. The molecular weight excluding hydrogens is 318 g/mol. The minimum absolute atomic E-state index is 0.143. The lowest BCUT2D eigenvalue weighted by atomic mass is 10.2. The van der Waals surface area contributed by atoms with Gasteiger partial charge in [0.1, 0.15) is 5.82 Å². The van der Waals surface area contributed by atoms with Crippen LogP contribution in [0.3, 0.4) is 0 Å². The van der Waals surface area contributed by atoms with Crippen LogP contribution in [0.15, 0.2) is 34.2 Å². The van der Waals surface area contributed by atoms with Gasteiger partial charge in [-0.1, -0.05) is 24.2 Å². The van der Waals surface area contributed by atoms with Crippen molar-refractivity contribution in [1.82, 2.24) is 14.5 Å². The van der Waals surface area contributed by atoms with Crippen molar-refractivity contribution in [1.29, 1.82) is 0 Å². The Labute approximate surface area is 145 Å². The first-order valence-electron chi connectivity index (χ1n) is 8.83. The zero-order valence-corrected chi connectivity index (χ0v) is 14.6. The van der Waals surface area contributed by atoms with E-state index in [0.717, 1.165) is 42.7 Å². The Kier molecular flexibility index (Phi) is 3.95. The molecular formula is C18H23N5O2. The predicted molar refractivity (Wildman–Crippen MR) is 95.8 cm³/mol. The largest absolute Gasteiger partial charge is 0.409 e. The fourth-order valence-electron chi connectivity index (χ4n) is 4.19. The normalized spacial score (nSPS) is 23.8. The summed E-state index contributed by atoms with van der Waals surface area (Å²) in [4.78, 5) is 22.0. The van der Waals surface area contributed by atoms with E-state index >= 15 is 0 Å².